The van der Waals surface area contributed by atoms with E-state index in [0.717, 1.165) is 16.9 Å². The third-order valence-electron chi connectivity index (χ3n) is 4.27. The fourth-order valence-corrected chi connectivity index (χ4v) is 4.69. The molecular formula is C17H27NS. The van der Waals surface area contributed by atoms with Gasteiger partial charge in [-0.3, -0.25) is 0 Å². The smallest absolute Gasteiger partial charge is 0.0207 e. The van der Waals surface area contributed by atoms with E-state index in [0.29, 0.717) is 6.04 Å². The van der Waals surface area contributed by atoms with Gasteiger partial charge in [-0.15, -0.1) is 0 Å². The first-order valence-corrected chi connectivity index (χ1v) is 8.71. The van der Waals surface area contributed by atoms with Crippen LogP contribution in [0.3, 0.4) is 0 Å². The fraction of sp³-hybridized carbons (Fsp3) is 0.647. The number of nitrogens with one attached hydrogen (secondary N) is 1. The quantitative estimate of drug-likeness (QED) is 0.823. The van der Waals surface area contributed by atoms with E-state index in [-0.39, 0.29) is 0 Å². The van der Waals surface area contributed by atoms with E-state index in [9.17, 15) is 0 Å². The molecule has 1 nitrogen and oxygen atoms in total. The Balaban J connectivity index is 1.87. The van der Waals surface area contributed by atoms with Gasteiger partial charge in [0, 0.05) is 17.0 Å². The predicted octanol–water partition coefficient (Wildman–Crippen LogP) is 4.48. The Morgan fingerprint density at radius 1 is 1.21 bits per heavy atom. The Hall–Kier alpha value is -0.470. The Morgan fingerprint density at radius 2 is 2.00 bits per heavy atom. The van der Waals surface area contributed by atoms with Gasteiger partial charge in [0.05, 0.1) is 0 Å². The Morgan fingerprint density at radius 3 is 2.68 bits per heavy atom. The molecule has 1 aromatic carbocycles. The highest BCUT2D eigenvalue weighted by atomic mass is 32.2. The lowest BCUT2D eigenvalue weighted by Crippen LogP contribution is -2.40. The fourth-order valence-electron chi connectivity index (χ4n) is 3.17. The highest BCUT2D eigenvalue weighted by Crippen LogP contribution is 2.36. The van der Waals surface area contributed by atoms with Gasteiger partial charge in [-0.2, -0.15) is 11.8 Å². The molecule has 1 aliphatic rings. The molecular weight excluding hydrogens is 250 g/mol. The van der Waals surface area contributed by atoms with E-state index < -0.39 is 0 Å². The summed E-state index contributed by atoms with van der Waals surface area (Å²) >= 11 is 2.15. The van der Waals surface area contributed by atoms with Gasteiger partial charge < -0.3 is 5.32 Å². The molecule has 2 heteroatoms. The third-order valence-corrected chi connectivity index (χ3v) is 5.72. The molecule has 0 spiro atoms. The van der Waals surface area contributed by atoms with Crippen LogP contribution in [0.4, 0.5) is 0 Å². The molecule has 0 aliphatic heterocycles. The Labute approximate surface area is 122 Å². The molecule has 1 saturated carbocycles. The average molecular weight is 277 g/mol. The van der Waals surface area contributed by atoms with Gasteiger partial charge in [-0.25, -0.2) is 0 Å². The van der Waals surface area contributed by atoms with Gasteiger partial charge in [0.1, 0.15) is 0 Å². The average Bonchev–Trinajstić information content (AvgIpc) is 2.47. The van der Waals surface area contributed by atoms with Gasteiger partial charge in [0.2, 0.25) is 0 Å². The molecule has 19 heavy (non-hydrogen) atoms. The molecule has 2 rings (SSSR count). The summed E-state index contributed by atoms with van der Waals surface area (Å²) in [6.07, 6.45) is 6.93. The summed E-state index contributed by atoms with van der Waals surface area (Å²) in [4.78, 5) is 0. The molecule has 1 fully saturated rings. The summed E-state index contributed by atoms with van der Waals surface area (Å²) in [5.41, 5.74) is 1.46. The van der Waals surface area contributed by atoms with E-state index in [1.807, 2.05) is 0 Å². The lowest BCUT2D eigenvalue weighted by molar-refractivity contribution is 0.295. The van der Waals surface area contributed by atoms with Crippen LogP contribution in [-0.4, -0.2) is 18.3 Å². The van der Waals surface area contributed by atoms with E-state index in [1.54, 1.807) is 0 Å². The van der Waals surface area contributed by atoms with Crippen molar-refractivity contribution in [3.63, 3.8) is 0 Å². The van der Waals surface area contributed by atoms with Crippen LogP contribution in [-0.2, 0) is 5.75 Å². The first-order valence-electron chi connectivity index (χ1n) is 7.66. The van der Waals surface area contributed by atoms with Crippen LogP contribution < -0.4 is 5.32 Å². The van der Waals surface area contributed by atoms with Crippen LogP contribution in [0.1, 0.15) is 44.6 Å². The van der Waals surface area contributed by atoms with E-state index >= 15 is 0 Å². The predicted molar refractivity (Wildman–Crippen MR) is 86.6 cm³/mol. The molecule has 0 radical (unpaired) electrons. The largest absolute Gasteiger partial charge is 0.316 e. The third kappa shape index (κ3) is 4.54. The molecule has 1 aliphatic carbocycles. The summed E-state index contributed by atoms with van der Waals surface area (Å²) in [6, 6.07) is 11.6. The maximum Gasteiger partial charge on any atom is 0.0207 e. The molecule has 0 aromatic heterocycles. The van der Waals surface area contributed by atoms with Crippen LogP contribution in [0.2, 0.25) is 0 Å². The van der Waals surface area contributed by atoms with Gasteiger partial charge in [-0.1, -0.05) is 50.1 Å². The number of thioether (sulfide) groups is 1. The van der Waals surface area contributed by atoms with Gasteiger partial charge in [-0.05, 0) is 37.8 Å². The normalized spacial score (nSPS) is 27.4. The Kier molecular flexibility index (Phi) is 6.25. The molecule has 0 heterocycles. The number of rotatable bonds is 6. The van der Waals surface area contributed by atoms with E-state index in [2.05, 4.69) is 61.4 Å². The lowest BCUT2D eigenvalue weighted by Gasteiger charge is -2.35. The summed E-state index contributed by atoms with van der Waals surface area (Å²) in [5, 5.41) is 4.32. The van der Waals surface area contributed by atoms with Crippen LogP contribution in [0, 0.1) is 5.92 Å². The van der Waals surface area contributed by atoms with E-state index in [1.165, 1.54) is 37.7 Å². The standard InChI is InChI=1S/C17H27NS/c1-3-7-14-10-11-16(18-2)17(12-14)19-13-15-8-5-4-6-9-15/h4-6,8-9,14,16-18H,3,7,10-13H2,1-2H3. The zero-order valence-corrected chi connectivity index (χ0v) is 13.1. The first kappa shape index (κ1) is 14.9. The molecule has 3 unspecified atom stereocenters. The second-order valence-electron chi connectivity index (χ2n) is 5.70. The molecule has 0 amide bonds. The lowest BCUT2D eigenvalue weighted by atomic mass is 9.83. The summed E-state index contributed by atoms with van der Waals surface area (Å²) in [7, 11) is 2.13. The van der Waals surface area contributed by atoms with Crippen molar-refractivity contribution >= 4 is 11.8 Å². The van der Waals surface area contributed by atoms with Crippen molar-refractivity contribution in [2.75, 3.05) is 7.05 Å². The number of hydrogen-bond donors (Lipinski definition) is 1. The minimum atomic E-state index is 0.710. The van der Waals surface area contributed by atoms with Crippen LogP contribution in [0.15, 0.2) is 30.3 Å². The van der Waals surface area contributed by atoms with Gasteiger partial charge >= 0.3 is 0 Å². The highest BCUT2D eigenvalue weighted by molar-refractivity contribution is 7.99. The van der Waals surface area contributed by atoms with Crippen molar-refractivity contribution in [2.45, 2.75) is 56.1 Å². The maximum absolute atomic E-state index is 3.53. The first-order chi connectivity index (χ1) is 9.33. The monoisotopic (exact) mass is 277 g/mol. The van der Waals surface area contributed by atoms with Crippen LogP contribution in [0.25, 0.3) is 0 Å². The van der Waals surface area contributed by atoms with Crippen molar-refractivity contribution in [1.82, 2.24) is 5.32 Å². The van der Waals surface area contributed by atoms with Crippen LogP contribution in [0.5, 0.6) is 0 Å². The second kappa shape index (κ2) is 7.96. The minimum Gasteiger partial charge on any atom is -0.316 e. The second-order valence-corrected chi connectivity index (χ2v) is 6.93. The number of hydrogen-bond acceptors (Lipinski definition) is 2. The maximum atomic E-state index is 3.53. The Bertz CT molecular complexity index is 352. The zero-order chi connectivity index (χ0) is 13.5. The van der Waals surface area contributed by atoms with Crippen LogP contribution >= 0.6 is 11.8 Å². The molecule has 106 valence electrons. The molecule has 0 saturated heterocycles. The molecule has 1 N–H and O–H groups in total. The SMILES string of the molecule is CCCC1CCC(NC)C(SCc2ccccc2)C1. The molecule has 3 atom stereocenters. The van der Waals surface area contributed by atoms with Gasteiger partial charge in [0.25, 0.3) is 0 Å². The van der Waals surface area contributed by atoms with Crippen molar-refractivity contribution < 1.29 is 0 Å². The summed E-state index contributed by atoms with van der Waals surface area (Å²) < 4.78 is 0. The zero-order valence-electron chi connectivity index (χ0n) is 12.3. The van der Waals surface area contributed by atoms with Crippen molar-refractivity contribution in [1.29, 1.82) is 0 Å². The highest BCUT2D eigenvalue weighted by Gasteiger charge is 2.29. The molecule has 1 aromatic rings. The summed E-state index contributed by atoms with van der Waals surface area (Å²) in [6.45, 7) is 2.32. The van der Waals surface area contributed by atoms with Crippen molar-refractivity contribution in [3.05, 3.63) is 35.9 Å². The summed E-state index contributed by atoms with van der Waals surface area (Å²) in [5.74, 6) is 2.12. The topological polar surface area (TPSA) is 12.0 Å². The molecule has 0 bridgehead atoms. The minimum absolute atomic E-state index is 0.710. The van der Waals surface area contributed by atoms with Gasteiger partial charge in [0.15, 0.2) is 0 Å². The number of benzene rings is 1. The van der Waals surface area contributed by atoms with Crippen molar-refractivity contribution in [2.24, 2.45) is 5.92 Å². The van der Waals surface area contributed by atoms with Crippen molar-refractivity contribution in [3.8, 4) is 0 Å². The van der Waals surface area contributed by atoms with E-state index in [4.69, 9.17) is 0 Å².